The third kappa shape index (κ3) is 4.29. The molecule has 1 fully saturated rings. The summed E-state index contributed by atoms with van der Waals surface area (Å²) in [5.41, 5.74) is 1.03. The summed E-state index contributed by atoms with van der Waals surface area (Å²) in [6, 6.07) is 10.8. The van der Waals surface area contributed by atoms with Gasteiger partial charge in [0.2, 0.25) is 15.9 Å². The van der Waals surface area contributed by atoms with Gasteiger partial charge in [-0.2, -0.15) is 4.31 Å². The first kappa shape index (κ1) is 18.1. The molecule has 0 bridgehead atoms. The maximum atomic E-state index is 12.7. The zero-order chi connectivity index (χ0) is 17.9. The fraction of sp³-hybridized carbons (Fsp3) is 0.389. The van der Waals surface area contributed by atoms with E-state index in [1.807, 2.05) is 24.4 Å². The minimum absolute atomic E-state index is 0.0146. The molecule has 1 saturated heterocycles. The second-order valence-electron chi connectivity index (χ2n) is 6.29. The number of nitrogens with one attached hydrogen (secondary N) is 1. The third-order valence-corrected chi connectivity index (χ3v) is 7.29. The summed E-state index contributed by atoms with van der Waals surface area (Å²) >= 11 is 1.61. The molecule has 0 unspecified atom stereocenters. The van der Waals surface area contributed by atoms with Gasteiger partial charge in [-0.15, -0.1) is 11.3 Å². The number of carbonyl (C=O) groups is 1. The lowest BCUT2D eigenvalue weighted by Gasteiger charge is -2.30. The second-order valence-corrected chi connectivity index (χ2v) is 9.26. The highest BCUT2D eigenvalue weighted by Gasteiger charge is 2.31. The molecule has 0 atom stereocenters. The largest absolute Gasteiger partial charge is 0.351 e. The second kappa shape index (κ2) is 7.68. The highest BCUT2D eigenvalue weighted by molar-refractivity contribution is 7.89. The van der Waals surface area contributed by atoms with Crippen molar-refractivity contribution in [3.63, 3.8) is 0 Å². The molecule has 0 saturated carbocycles. The summed E-state index contributed by atoms with van der Waals surface area (Å²) in [6.45, 7) is 3.23. The van der Waals surface area contributed by atoms with E-state index in [1.54, 1.807) is 35.6 Å². The maximum Gasteiger partial charge on any atom is 0.243 e. The number of hydrogen-bond acceptors (Lipinski definition) is 4. The van der Waals surface area contributed by atoms with Crippen molar-refractivity contribution in [2.24, 2.45) is 5.92 Å². The monoisotopic (exact) mass is 378 g/mol. The van der Waals surface area contributed by atoms with E-state index in [1.165, 1.54) is 4.31 Å². The van der Waals surface area contributed by atoms with Crippen LogP contribution in [0.4, 0.5) is 0 Å². The molecule has 25 heavy (non-hydrogen) atoms. The molecular weight excluding hydrogens is 356 g/mol. The molecule has 1 aromatic carbocycles. The zero-order valence-electron chi connectivity index (χ0n) is 14.1. The Balaban J connectivity index is 1.55. The van der Waals surface area contributed by atoms with Gasteiger partial charge >= 0.3 is 0 Å². The molecule has 1 aliphatic rings. The van der Waals surface area contributed by atoms with Crippen molar-refractivity contribution in [2.45, 2.75) is 31.2 Å². The Hall–Kier alpha value is -1.70. The van der Waals surface area contributed by atoms with Crippen molar-refractivity contribution >= 4 is 27.3 Å². The van der Waals surface area contributed by atoms with Gasteiger partial charge in [0.05, 0.1) is 11.4 Å². The summed E-state index contributed by atoms with van der Waals surface area (Å²) in [5, 5.41) is 4.93. The van der Waals surface area contributed by atoms with Gasteiger partial charge in [0.15, 0.2) is 0 Å². The Morgan fingerprint density at radius 2 is 1.88 bits per heavy atom. The molecule has 2 aromatic rings. The van der Waals surface area contributed by atoms with E-state index in [2.05, 4.69) is 5.32 Å². The van der Waals surface area contributed by atoms with E-state index in [0.717, 1.165) is 10.4 Å². The van der Waals surface area contributed by atoms with Crippen molar-refractivity contribution in [1.82, 2.24) is 9.62 Å². The minimum atomic E-state index is -3.47. The molecule has 0 radical (unpaired) electrons. The summed E-state index contributed by atoms with van der Waals surface area (Å²) in [6.07, 6.45) is 1.11. The number of rotatable bonds is 5. The number of thiophene rings is 1. The van der Waals surface area contributed by atoms with Crippen LogP contribution >= 0.6 is 11.3 Å². The average molecular weight is 379 g/mol. The van der Waals surface area contributed by atoms with Crippen molar-refractivity contribution in [3.8, 4) is 0 Å². The molecule has 1 amide bonds. The highest BCUT2D eigenvalue weighted by atomic mass is 32.2. The number of aryl methyl sites for hydroxylation is 1. The SMILES string of the molecule is Cc1ccc(S(=O)(=O)N2CCC(C(=O)NCc3cccs3)CC2)cc1. The number of nitrogens with zero attached hydrogens (tertiary/aromatic N) is 1. The number of piperidine rings is 1. The van der Waals surface area contributed by atoms with Crippen LogP contribution in [0.15, 0.2) is 46.7 Å². The van der Waals surface area contributed by atoms with Gasteiger partial charge < -0.3 is 5.32 Å². The molecule has 0 aliphatic carbocycles. The van der Waals surface area contributed by atoms with Crippen LogP contribution in [0.1, 0.15) is 23.3 Å². The Bertz CT molecular complexity index is 807. The van der Waals surface area contributed by atoms with Crippen LogP contribution in [0.5, 0.6) is 0 Å². The Morgan fingerprint density at radius 3 is 2.48 bits per heavy atom. The van der Waals surface area contributed by atoms with E-state index in [4.69, 9.17) is 0 Å². The van der Waals surface area contributed by atoms with Crippen LogP contribution in [0, 0.1) is 12.8 Å². The summed E-state index contributed by atoms with van der Waals surface area (Å²) in [5.74, 6) is -0.106. The van der Waals surface area contributed by atoms with Gasteiger partial charge in [-0.25, -0.2) is 8.42 Å². The van der Waals surface area contributed by atoms with Gasteiger partial charge in [-0.05, 0) is 43.3 Å². The number of carbonyl (C=O) groups excluding carboxylic acids is 1. The number of benzene rings is 1. The molecule has 1 aliphatic heterocycles. The van der Waals surface area contributed by atoms with Gasteiger partial charge in [0.25, 0.3) is 0 Å². The van der Waals surface area contributed by atoms with Crippen LogP contribution in [-0.2, 0) is 21.4 Å². The molecule has 5 nitrogen and oxygen atoms in total. The van der Waals surface area contributed by atoms with Crippen molar-refractivity contribution < 1.29 is 13.2 Å². The van der Waals surface area contributed by atoms with E-state index in [-0.39, 0.29) is 11.8 Å². The Morgan fingerprint density at radius 1 is 1.20 bits per heavy atom. The number of sulfonamides is 1. The molecule has 2 heterocycles. The molecule has 3 rings (SSSR count). The maximum absolute atomic E-state index is 12.7. The fourth-order valence-electron chi connectivity index (χ4n) is 2.95. The van der Waals surface area contributed by atoms with Gasteiger partial charge in [-0.1, -0.05) is 23.8 Å². The summed E-state index contributed by atoms with van der Waals surface area (Å²) in [7, 11) is -3.47. The summed E-state index contributed by atoms with van der Waals surface area (Å²) in [4.78, 5) is 13.7. The predicted molar refractivity (Wildman–Crippen MR) is 98.8 cm³/mol. The molecule has 1 N–H and O–H groups in total. The molecule has 1 aromatic heterocycles. The van der Waals surface area contributed by atoms with Crippen LogP contribution in [0.2, 0.25) is 0 Å². The normalized spacial score (nSPS) is 16.7. The van der Waals surface area contributed by atoms with Crippen LogP contribution in [0.3, 0.4) is 0 Å². The van der Waals surface area contributed by atoms with Crippen LogP contribution in [0.25, 0.3) is 0 Å². The summed E-state index contributed by atoms with van der Waals surface area (Å²) < 4.78 is 26.9. The number of amides is 1. The topological polar surface area (TPSA) is 66.5 Å². The molecule has 0 spiro atoms. The Kier molecular flexibility index (Phi) is 5.56. The third-order valence-electron chi connectivity index (χ3n) is 4.50. The van der Waals surface area contributed by atoms with Gasteiger partial charge in [-0.3, -0.25) is 4.79 Å². The quantitative estimate of drug-likeness (QED) is 0.870. The van der Waals surface area contributed by atoms with Crippen molar-refractivity contribution in [2.75, 3.05) is 13.1 Å². The standard InChI is InChI=1S/C18H22N2O3S2/c1-14-4-6-17(7-5-14)25(22,23)20-10-8-15(9-11-20)18(21)19-13-16-3-2-12-24-16/h2-7,12,15H,8-11,13H2,1H3,(H,19,21). The molecule has 7 heteroatoms. The van der Waals surface area contributed by atoms with E-state index < -0.39 is 10.0 Å². The zero-order valence-corrected chi connectivity index (χ0v) is 15.8. The Labute approximate surface area is 152 Å². The molecule has 134 valence electrons. The lowest BCUT2D eigenvalue weighted by molar-refractivity contribution is -0.126. The van der Waals surface area contributed by atoms with E-state index in [0.29, 0.717) is 37.4 Å². The smallest absolute Gasteiger partial charge is 0.243 e. The highest BCUT2D eigenvalue weighted by Crippen LogP contribution is 2.24. The lowest BCUT2D eigenvalue weighted by atomic mass is 9.97. The first-order valence-electron chi connectivity index (χ1n) is 8.34. The fourth-order valence-corrected chi connectivity index (χ4v) is 5.06. The van der Waals surface area contributed by atoms with Gasteiger partial charge in [0.1, 0.15) is 0 Å². The van der Waals surface area contributed by atoms with E-state index >= 15 is 0 Å². The first-order chi connectivity index (χ1) is 12.0. The predicted octanol–water partition coefficient (Wildman–Crippen LogP) is 2.77. The average Bonchev–Trinajstić information content (AvgIpc) is 3.14. The first-order valence-corrected chi connectivity index (χ1v) is 10.7. The molecular formula is C18H22N2O3S2. The minimum Gasteiger partial charge on any atom is -0.351 e. The number of hydrogen-bond donors (Lipinski definition) is 1. The van der Waals surface area contributed by atoms with Gasteiger partial charge in [0, 0.05) is 23.9 Å². The van der Waals surface area contributed by atoms with Crippen LogP contribution < -0.4 is 5.32 Å². The van der Waals surface area contributed by atoms with Crippen LogP contribution in [-0.4, -0.2) is 31.7 Å². The van der Waals surface area contributed by atoms with Crippen molar-refractivity contribution in [3.05, 3.63) is 52.2 Å². The van der Waals surface area contributed by atoms with E-state index in [9.17, 15) is 13.2 Å². The van der Waals surface area contributed by atoms with Crippen molar-refractivity contribution in [1.29, 1.82) is 0 Å². The lowest BCUT2D eigenvalue weighted by Crippen LogP contribution is -2.42.